The first-order valence-corrected chi connectivity index (χ1v) is 2.52. The van der Waals surface area contributed by atoms with Gasteiger partial charge in [-0.1, -0.05) is 6.58 Å². The minimum Gasteiger partial charge on any atom is -0.392 e. The minimum atomic E-state index is 0.993. The zero-order valence-electron chi connectivity index (χ0n) is 5.36. The van der Waals surface area contributed by atoms with Gasteiger partial charge in [-0.2, -0.15) is 0 Å². The van der Waals surface area contributed by atoms with Crippen LogP contribution >= 0.6 is 0 Å². The van der Waals surface area contributed by atoms with Gasteiger partial charge in [-0.3, -0.25) is 0 Å². The summed E-state index contributed by atoms with van der Waals surface area (Å²) in [5, 5.41) is 5.81. The Morgan fingerprint density at radius 2 is 2.12 bits per heavy atom. The van der Waals surface area contributed by atoms with Gasteiger partial charge >= 0.3 is 0 Å². The number of allylic oxidation sites excluding steroid dienone is 1. The van der Waals surface area contributed by atoms with Crippen molar-refractivity contribution in [3.8, 4) is 0 Å². The minimum absolute atomic E-state index is 0.993. The number of nitrogens with one attached hydrogen (secondary N) is 2. The Kier molecular flexibility index (Phi) is 3.76. The lowest BCUT2D eigenvalue weighted by Gasteiger charge is -1.97. The summed E-state index contributed by atoms with van der Waals surface area (Å²) in [4.78, 5) is 0. The average molecular weight is 112 g/mol. The first kappa shape index (κ1) is 7.08. The second-order valence-electron chi connectivity index (χ2n) is 1.34. The van der Waals surface area contributed by atoms with E-state index in [1.54, 1.807) is 6.08 Å². The second kappa shape index (κ2) is 4.24. The molecule has 0 spiro atoms. The molecule has 0 aliphatic heterocycles. The van der Waals surface area contributed by atoms with Crippen molar-refractivity contribution < 1.29 is 0 Å². The molecule has 0 aliphatic rings. The topological polar surface area (TPSA) is 24.1 Å². The summed E-state index contributed by atoms with van der Waals surface area (Å²) in [7, 11) is 3.70. The van der Waals surface area contributed by atoms with Crippen LogP contribution in [0.2, 0.25) is 0 Å². The molecule has 0 aromatic heterocycles. The van der Waals surface area contributed by atoms with Crippen molar-refractivity contribution in [3.05, 3.63) is 24.6 Å². The van der Waals surface area contributed by atoms with Gasteiger partial charge in [0.1, 0.15) is 0 Å². The number of hydrogen-bond donors (Lipinski definition) is 2. The Morgan fingerprint density at radius 3 is 2.25 bits per heavy atom. The van der Waals surface area contributed by atoms with E-state index in [2.05, 4.69) is 17.2 Å². The molecule has 2 heteroatoms. The molecule has 0 saturated carbocycles. The van der Waals surface area contributed by atoms with Gasteiger partial charge in [0.2, 0.25) is 0 Å². The SMILES string of the molecule is C=C/C(=C/NC)NC. The zero-order chi connectivity index (χ0) is 6.41. The molecular weight excluding hydrogens is 100 g/mol. The van der Waals surface area contributed by atoms with Crippen molar-refractivity contribution in [1.29, 1.82) is 0 Å². The van der Waals surface area contributed by atoms with E-state index in [0.717, 1.165) is 5.70 Å². The molecule has 0 aromatic carbocycles. The van der Waals surface area contributed by atoms with Crippen LogP contribution in [0.3, 0.4) is 0 Å². The first-order valence-electron chi connectivity index (χ1n) is 2.52. The largest absolute Gasteiger partial charge is 0.392 e. The molecule has 0 radical (unpaired) electrons. The van der Waals surface area contributed by atoms with Crippen molar-refractivity contribution >= 4 is 0 Å². The van der Waals surface area contributed by atoms with E-state index in [4.69, 9.17) is 0 Å². The zero-order valence-corrected chi connectivity index (χ0v) is 5.36. The summed E-state index contributed by atoms with van der Waals surface area (Å²) in [6, 6.07) is 0. The maximum absolute atomic E-state index is 3.58. The standard InChI is InChI=1S/C6H12N2/c1-4-6(8-3)5-7-2/h4-5,7-8H,1H2,2-3H3/b6-5-. The lowest BCUT2D eigenvalue weighted by Crippen LogP contribution is -2.07. The van der Waals surface area contributed by atoms with Crippen molar-refractivity contribution in [3.63, 3.8) is 0 Å². The maximum Gasteiger partial charge on any atom is 0.0491 e. The Hall–Kier alpha value is -0.920. The Bertz CT molecular complexity index is 94.7. The molecule has 0 rings (SSSR count). The van der Waals surface area contributed by atoms with Crippen LogP contribution in [0.5, 0.6) is 0 Å². The average Bonchev–Trinajstić information content (AvgIpc) is 1.83. The van der Waals surface area contributed by atoms with Crippen molar-refractivity contribution in [1.82, 2.24) is 10.6 Å². The van der Waals surface area contributed by atoms with Gasteiger partial charge < -0.3 is 10.6 Å². The lowest BCUT2D eigenvalue weighted by molar-refractivity contribution is 0.979. The molecule has 0 aromatic rings. The van der Waals surface area contributed by atoms with E-state index >= 15 is 0 Å². The molecule has 0 bridgehead atoms. The Balaban J connectivity index is 3.66. The van der Waals surface area contributed by atoms with Gasteiger partial charge in [0.15, 0.2) is 0 Å². The summed E-state index contributed by atoms with van der Waals surface area (Å²) < 4.78 is 0. The molecule has 8 heavy (non-hydrogen) atoms. The normalized spacial score (nSPS) is 10.5. The van der Waals surface area contributed by atoms with Gasteiger partial charge in [-0.05, 0) is 6.08 Å². The molecule has 0 heterocycles. The number of rotatable bonds is 3. The van der Waals surface area contributed by atoms with Crippen LogP contribution in [-0.2, 0) is 0 Å². The smallest absolute Gasteiger partial charge is 0.0491 e. The molecule has 2 nitrogen and oxygen atoms in total. The van der Waals surface area contributed by atoms with Crippen LogP contribution in [-0.4, -0.2) is 14.1 Å². The summed E-state index contributed by atoms with van der Waals surface area (Å²) >= 11 is 0. The third-order valence-electron chi connectivity index (χ3n) is 0.808. The maximum atomic E-state index is 3.58. The van der Waals surface area contributed by atoms with Gasteiger partial charge in [-0.25, -0.2) is 0 Å². The molecule has 2 N–H and O–H groups in total. The fourth-order valence-corrected chi connectivity index (χ4v) is 0.389. The molecule has 46 valence electrons. The van der Waals surface area contributed by atoms with Crippen LogP contribution in [0.1, 0.15) is 0 Å². The highest BCUT2D eigenvalue weighted by atomic mass is 14.9. The quantitative estimate of drug-likeness (QED) is 0.518. The van der Waals surface area contributed by atoms with E-state index in [1.807, 2.05) is 20.3 Å². The van der Waals surface area contributed by atoms with Crippen molar-refractivity contribution in [2.75, 3.05) is 14.1 Å². The van der Waals surface area contributed by atoms with E-state index in [9.17, 15) is 0 Å². The van der Waals surface area contributed by atoms with Gasteiger partial charge in [0.25, 0.3) is 0 Å². The summed E-state index contributed by atoms with van der Waals surface area (Å²) in [6.07, 6.45) is 3.59. The fraction of sp³-hybridized carbons (Fsp3) is 0.333. The lowest BCUT2D eigenvalue weighted by atomic mass is 10.5. The molecule has 0 unspecified atom stereocenters. The highest BCUT2D eigenvalue weighted by molar-refractivity contribution is 5.11. The molecule has 0 amide bonds. The van der Waals surface area contributed by atoms with Crippen LogP contribution in [0.15, 0.2) is 24.6 Å². The van der Waals surface area contributed by atoms with Crippen LogP contribution in [0, 0.1) is 0 Å². The predicted molar refractivity (Wildman–Crippen MR) is 36.4 cm³/mol. The predicted octanol–water partition coefficient (Wildman–Crippen LogP) is 0.453. The highest BCUT2D eigenvalue weighted by Crippen LogP contribution is 1.82. The first-order chi connectivity index (χ1) is 3.85. The molecular formula is C6H12N2. The third kappa shape index (κ3) is 2.29. The van der Waals surface area contributed by atoms with Crippen molar-refractivity contribution in [2.45, 2.75) is 0 Å². The van der Waals surface area contributed by atoms with Crippen LogP contribution in [0.25, 0.3) is 0 Å². The molecule has 0 fully saturated rings. The molecule has 0 saturated heterocycles. The van der Waals surface area contributed by atoms with E-state index in [0.29, 0.717) is 0 Å². The second-order valence-corrected chi connectivity index (χ2v) is 1.34. The number of hydrogen-bond acceptors (Lipinski definition) is 2. The Labute approximate surface area is 50.3 Å². The van der Waals surface area contributed by atoms with Crippen molar-refractivity contribution in [2.24, 2.45) is 0 Å². The summed E-state index contributed by atoms with van der Waals surface area (Å²) in [5.74, 6) is 0. The van der Waals surface area contributed by atoms with E-state index in [-0.39, 0.29) is 0 Å². The summed E-state index contributed by atoms with van der Waals surface area (Å²) in [6.45, 7) is 3.58. The third-order valence-corrected chi connectivity index (χ3v) is 0.808. The van der Waals surface area contributed by atoms with Gasteiger partial charge in [-0.15, -0.1) is 0 Å². The van der Waals surface area contributed by atoms with Gasteiger partial charge in [0.05, 0.1) is 0 Å². The monoisotopic (exact) mass is 112 g/mol. The summed E-state index contributed by atoms with van der Waals surface area (Å²) in [5.41, 5.74) is 0.993. The van der Waals surface area contributed by atoms with Crippen LogP contribution < -0.4 is 10.6 Å². The van der Waals surface area contributed by atoms with E-state index in [1.165, 1.54) is 0 Å². The Morgan fingerprint density at radius 1 is 1.50 bits per heavy atom. The fourth-order valence-electron chi connectivity index (χ4n) is 0.389. The van der Waals surface area contributed by atoms with Gasteiger partial charge in [0, 0.05) is 26.0 Å². The van der Waals surface area contributed by atoms with Crippen LogP contribution in [0.4, 0.5) is 0 Å². The van der Waals surface area contributed by atoms with E-state index < -0.39 is 0 Å². The number of likely N-dealkylation sites (N-methyl/N-ethyl adjacent to an activating group) is 1. The molecule has 0 aliphatic carbocycles. The molecule has 0 atom stereocenters. The highest BCUT2D eigenvalue weighted by Gasteiger charge is 1.77.